The molecule has 1 aromatic heterocycles. The summed E-state index contributed by atoms with van der Waals surface area (Å²) in [5.41, 5.74) is 4.46. The number of hydrogen-bond acceptors (Lipinski definition) is 4. The van der Waals surface area contributed by atoms with Gasteiger partial charge in [-0.1, -0.05) is 65.8 Å². The average molecular weight is 446 g/mol. The molecule has 4 nitrogen and oxygen atoms in total. The minimum absolute atomic E-state index is 0.151. The lowest BCUT2D eigenvalue weighted by Crippen LogP contribution is -2.10. The summed E-state index contributed by atoms with van der Waals surface area (Å²) < 4.78 is 8.38. The summed E-state index contributed by atoms with van der Waals surface area (Å²) in [7, 11) is 1.67. The summed E-state index contributed by atoms with van der Waals surface area (Å²) in [4.78, 5) is 1.15. The second kappa shape index (κ2) is 7.68. The average Bonchev–Trinajstić information content (AvgIpc) is 2.97. The Morgan fingerprint density at radius 1 is 1.07 bits per heavy atom. The zero-order valence-corrected chi connectivity index (χ0v) is 18.9. The molecule has 0 amide bonds. The van der Waals surface area contributed by atoms with E-state index >= 15 is 0 Å². The molecule has 2 aromatic carbocycles. The SMILES string of the molecule is COc1cc(Br)c(C)cc1-n1nnc(Sc2ccc(C(C)(C)C)cc2)c1C. The van der Waals surface area contributed by atoms with Gasteiger partial charge in [-0.25, -0.2) is 4.68 Å². The fourth-order valence-electron chi connectivity index (χ4n) is 2.75. The number of benzene rings is 2. The van der Waals surface area contributed by atoms with Gasteiger partial charge in [-0.05, 0) is 54.7 Å². The van der Waals surface area contributed by atoms with Crippen molar-refractivity contribution in [3.8, 4) is 11.4 Å². The minimum Gasteiger partial charge on any atom is -0.494 e. The third-order valence-corrected chi connectivity index (χ3v) is 6.41. The highest BCUT2D eigenvalue weighted by atomic mass is 79.9. The van der Waals surface area contributed by atoms with Crippen LogP contribution in [0.3, 0.4) is 0 Å². The fourth-order valence-corrected chi connectivity index (χ4v) is 3.88. The molecule has 0 saturated carbocycles. The van der Waals surface area contributed by atoms with Crippen molar-refractivity contribution in [2.75, 3.05) is 7.11 Å². The minimum atomic E-state index is 0.151. The van der Waals surface area contributed by atoms with Crippen LogP contribution in [0.15, 0.2) is 50.8 Å². The smallest absolute Gasteiger partial charge is 0.147 e. The highest BCUT2D eigenvalue weighted by Crippen LogP contribution is 2.34. The lowest BCUT2D eigenvalue weighted by Gasteiger charge is -2.18. The molecule has 0 N–H and O–H groups in total. The molecule has 0 aliphatic carbocycles. The molecule has 0 spiro atoms. The Balaban J connectivity index is 1.91. The number of methoxy groups -OCH3 is 1. The number of aromatic nitrogens is 3. The fraction of sp³-hybridized carbons (Fsp3) is 0.333. The van der Waals surface area contributed by atoms with E-state index in [9.17, 15) is 0 Å². The summed E-state index contributed by atoms with van der Waals surface area (Å²) in [5, 5.41) is 9.65. The van der Waals surface area contributed by atoms with E-state index in [1.165, 1.54) is 5.56 Å². The van der Waals surface area contributed by atoms with Crippen molar-refractivity contribution in [1.29, 1.82) is 0 Å². The van der Waals surface area contributed by atoms with Gasteiger partial charge in [-0.3, -0.25) is 0 Å². The van der Waals surface area contributed by atoms with Gasteiger partial charge in [-0.15, -0.1) is 5.10 Å². The van der Waals surface area contributed by atoms with Crippen LogP contribution < -0.4 is 4.74 Å². The maximum atomic E-state index is 5.54. The number of rotatable bonds is 4. The van der Waals surface area contributed by atoms with Crippen LogP contribution in [0.25, 0.3) is 5.69 Å². The first-order valence-electron chi connectivity index (χ1n) is 8.76. The van der Waals surface area contributed by atoms with Crippen LogP contribution in [0.1, 0.15) is 37.6 Å². The second-order valence-corrected chi connectivity index (χ2v) is 9.46. The van der Waals surface area contributed by atoms with Crippen molar-refractivity contribution < 1.29 is 4.74 Å². The Labute approximate surface area is 173 Å². The first-order valence-corrected chi connectivity index (χ1v) is 10.4. The van der Waals surface area contributed by atoms with E-state index in [1.54, 1.807) is 18.9 Å². The molecule has 3 rings (SSSR count). The number of nitrogens with zero attached hydrogens (tertiary/aromatic N) is 3. The molecule has 142 valence electrons. The summed E-state index contributed by atoms with van der Waals surface area (Å²) in [6, 6.07) is 12.7. The second-order valence-electron chi connectivity index (χ2n) is 7.54. The van der Waals surface area contributed by atoms with Crippen LogP contribution in [0, 0.1) is 13.8 Å². The van der Waals surface area contributed by atoms with Gasteiger partial charge in [0, 0.05) is 9.37 Å². The highest BCUT2D eigenvalue weighted by Gasteiger charge is 2.17. The standard InChI is InChI=1S/C21H24BrN3OS/c1-13-11-18(19(26-6)12-17(13)22)25-14(2)20(23-24-25)27-16-9-7-15(8-10-16)21(3,4)5/h7-12H,1-6H3. The molecule has 1 heterocycles. The molecule has 0 saturated heterocycles. The van der Waals surface area contributed by atoms with Crippen molar-refractivity contribution in [2.45, 2.75) is 50.0 Å². The largest absolute Gasteiger partial charge is 0.494 e. The Morgan fingerprint density at radius 3 is 2.33 bits per heavy atom. The maximum Gasteiger partial charge on any atom is 0.147 e. The van der Waals surface area contributed by atoms with Crippen molar-refractivity contribution in [1.82, 2.24) is 15.0 Å². The van der Waals surface area contributed by atoms with Gasteiger partial charge in [-0.2, -0.15) is 0 Å². The molecular weight excluding hydrogens is 422 g/mol. The van der Waals surface area contributed by atoms with Crippen molar-refractivity contribution >= 4 is 27.7 Å². The van der Waals surface area contributed by atoms with Crippen LogP contribution in [-0.4, -0.2) is 22.1 Å². The number of halogens is 1. The lowest BCUT2D eigenvalue weighted by molar-refractivity contribution is 0.410. The van der Waals surface area contributed by atoms with Crippen LogP contribution >= 0.6 is 27.7 Å². The van der Waals surface area contributed by atoms with E-state index in [0.717, 1.165) is 37.1 Å². The lowest BCUT2D eigenvalue weighted by atomic mass is 9.87. The molecule has 0 aliphatic heterocycles. The summed E-state index contributed by atoms with van der Waals surface area (Å²) in [6.07, 6.45) is 0. The molecule has 0 aliphatic rings. The van der Waals surface area contributed by atoms with E-state index in [0.29, 0.717) is 0 Å². The molecule has 0 atom stereocenters. The van der Waals surface area contributed by atoms with E-state index in [2.05, 4.69) is 77.3 Å². The summed E-state index contributed by atoms with van der Waals surface area (Å²) in [6.45, 7) is 10.7. The van der Waals surface area contributed by atoms with Crippen molar-refractivity contribution in [3.05, 3.63) is 57.7 Å². The van der Waals surface area contributed by atoms with Gasteiger partial charge < -0.3 is 4.74 Å². The number of ether oxygens (including phenoxy) is 1. The van der Waals surface area contributed by atoms with Crippen LogP contribution in [-0.2, 0) is 5.41 Å². The molecule has 0 radical (unpaired) electrons. The van der Waals surface area contributed by atoms with Gasteiger partial charge in [0.25, 0.3) is 0 Å². The molecule has 3 aromatic rings. The van der Waals surface area contributed by atoms with Gasteiger partial charge in [0.15, 0.2) is 0 Å². The molecule has 27 heavy (non-hydrogen) atoms. The summed E-state index contributed by atoms with van der Waals surface area (Å²) in [5.74, 6) is 0.756. The topological polar surface area (TPSA) is 39.9 Å². The van der Waals surface area contributed by atoms with E-state index < -0.39 is 0 Å². The first kappa shape index (κ1) is 20.0. The number of hydrogen-bond donors (Lipinski definition) is 0. The normalized spacial score (nSPS) is 11.7. The molecule has 6 heteroatoms. The third-order valence-electron chi connectivity index (χ3n) is 4.48. The Morgan fingerprint density at radius 2 is 1.74 bits per heavy atom. The van der Waals surface area contributed by atoms with Crippen molar-refractivity contribution in [2.24, 2.45) is 0 Å². The molecule has 0 unspecified atom stereocenters. The first-order chi connectivity index (χ1) is 12.7. The van der Waals surface area contributed by atoms with E-state index in [1.807, 2.05) is 24.6 Å². The van der Waals surface area contributed by atoms with Crippen LogP contribution in [0.2, 0.25) is 0 Å². The Hall–Kier alpha value is -1.79. The Kier molecular flexibility index (Phi) is 5.68. The predicted octanol–water partition coefficient (Wildman–Crippen LogP) is 6.10. The summed E-state index contributed by atoms with van der Waals surface area (Å²) >= 11 is 5.18. The predicted molar refractivity (Wildman–Crippen MR) is 114 cm³/mol. The molecule has 0 bridgehead atoms. The maximum absolute atomic E-state index is 5.54. The van der Waals surface area contributed by atoms with Gasteiger partial charge in [0.1, 0.15) is 16.5 Å². The van der Waals surface area contributed by atoms with Crippen LogP contribution in [0.5, 0.6) is 5.75 Å². The van der Waals surface area contributed by atoms with Crippen LogP contribution in [0.4, 0.5) is 0 Å². The van der Waals surface area contributed by atoms with Gasteiger partial charge in [0.05, 0.1) is 12.8 Å². The van der Waals surface area contributed by atoms with E-state index in [-0.39, 0.29) is 5.41 Å². The van der Waals surface area contributed by atoms with Gasteiger partial charge in [0.2, 0.25) is 0 Å². The molecule has 0 fully saturated rings. The highest BCUT2D eigenvalue weighted by molar-refractivity contribution is 9.10. The molecular formula is C21H24BrN3OS. The van der Waals surface area contributed by atoms with Gasteiger partial charge >= 0.3 is 0 Å². The Bertz CT molecular complexity index is 959. The van der Waals surface area contributed by atoms with Crippen molar-refractivity contribution in [3.63, 3.8) is 0 Å². The van der Waals surface area contributed by atoms with E-state index in [4.69, 9.17) is 4.74 Å². The quantitative estimate of drug-likeness (QED) is 0.485. The monoisotopic (exact) mass is 445 g/mol. The zero-order chi connectivity index (χ0) is 19.8. The number of aryl methyl sites for hydroxylation is 1. The third kappa shape index (κ3) is 4.22. The zero-order valence-electron chi connectivity index (χ0n) is 16.5.